The molecule has 0 radical (unpaired) electrons. The molecule has 3 N–H and O–H groups in total. The number of alkyl carbamates (subject to hydrolysis) is 1. The molecule has 10 heteroatoms. The highest BCUT2D eigenvalue weighted by atomic mass is 32.2. The number of hydrogen-bond donors (Lipinski definition) is 3. The molecule has 0 bridgehead atoms. The van der Waals surface area contributed by atoms with Crippen molar-refractivity contribution in [2.75, 3.05) is 5.32 Å². The molecule has 3 amide bonds. The average Bonchev–Trinajstić information content (AvgIpc) is 2.65. The van der Waals surface area contributed by atoms with Crippen LogP contribution in [0, 0.1) is 0 Å². The van der Waals surface area contributed by atoms with Crippen LogP contribution in [0.25, 0.3) is 0 Å². The van der Waals surface area contributed by atoms with Gasteiger partial charge in [0.25, 0.3) is 15.9 Å². The van der Waals surface area contributed by atoms with Crippen LogP contribution in [0.5, 0.6) is 0 Å². The Balaban J connectivity index is 2.20. The Hall–Kier alpha value is -3.40. The Labute approximate surface area is 181 Å². The molecule has 2 aromatic rings. The molecule has 0 aromatic heterocycles. The van der Waals surface area contributed by atoms with Crippen molar-refractivity contribution in [3.8, 4) is 0 Å². The summed E-state index contributed by atoms with van der Waals surface area (Å²) in [4.78, 5) is 36.0. The molecule has 0 saturated heterocycles. The molecule has 0 heterocycles. The van der Waals surface area contributed by atoms with E-state index in [1.165, 1.54) is 24.3 Å². The average molecular weight is 448 g/mol. The van der Waals surface area contributed by atoms with Crippen molar-refractivity contribution < 1.29 is 27.5 Å². The minimum atomic E-state index is -3.98. The molecule has 166 valence electrons. The van der Waals surface area contributed by atoms with Gasteiger partial charge in [0, 0.05) is 12.6 Å². The summed E-state index contributed by atoms with van der Waals surface area (Å²) in [5.74, 6) is -1.26. The lowest BCUT2D eigenvalue weighted by Gasteiger charge is -2.23. The number of anilines is 1. The molecule has 0 fully saturated rings. The molecule has 0 aliphatic heterocycles. The summed E-state index contributed by atoms with van der Waals surface area (Å²) in [6, 6.07) is 12.8. The highest BCUT2D eigenvalue weighted by Crippen LogP contribution is 2.19. The van der Waals surface area contributed by atoms with Gasteiger partial charge in [-0.3, -0.25) is 9.59 Å². The van der Waals surface area contributed by atoms with Gasteiger partial charge in [-0.15, -0.1) is 0 Å². The molecule has 0 aliphatic carbocycles. The van der Waals surface area contributed by atoms with Gasteiger partial charge in [0.2, 0.25) is 5.91 Å². The smallest absolute Gasteiger partial charge is 0.408 e. The van der Waals surface area contributed by atoms with E-state index in [1.807, 2.05) is 4.72 Å². The van der Waals surface area contributed by atoms with Crippen molar-refractivity contribution >= 4 is 33.6 Å². The Kier molecular flexibility index (Phi) is 7.40. The van der Waals surface area contributed by atoms with Crippen LogP contribution in [0.2, 0.25) is 0 Å². The first-order valence-electron chi connectivity index (χ1n) is 9.36. The number of sulfonamides is 1. The fourth-order valence-corrected chi connectivity index (χ4v) is 3.54. The predicted octanol–water partition coefficient (Wildman–Crippen LogP) is 2.72. The third-order valence-corrected chi connectivity index (χ3v) is 5.22. The number of nitrogens with one attached hydrogen (secondary N) is 3. The van der Waals surface area contributed by atoms with Gasteiger partial charge in [0.05, 0.1) is 4.90 Å². The minimum absolute atomic E-state index is 0.132. The summed E-state index contributed by atoms with van der Waals surface area (Å²) >= 11 is 0. The van der Waals surface area contributed by atoms with E-state index in [9.17, 15) is 22.8 Å². The van der Waals surface area contributed by atoms with Gasteiger partial charge in [-0.05, 0) is 50.6 Å². The van der Waals surface area contributed by atoms with Gasteiger partial charge in [-0.2, -0.15) is 0 Å². The molecular weight excluding hydrogens is 422 g/mol. The molecule has 1 atom stereocenters. The highest BCUT2D eigenvalue weighted by Gasteiger charge is 2.26. The van der Waals surface area contributed by atoms with Gasteiger partial charge in [0.15, 0.2) is 0 Å². The van der Waals surface area contributed by atoms with Gasteiger partial charge in [-0.25, -0.2) is 17.9 Å². The Bertz CT molecular complexity index is 1040. The van der Waals surface area contributed by atoms with E-state index in [0.29, 0.717) is 11.3 Å². The number of carbonyl (C=O) groups is 3. The molecule has 2 aromatic carbocycles. The number of ether oxygens (including phenoxy) is 1. The summed E-state index contributed by atoms with van der Waals surface area (Å²) in [5.41, 5.74) is 0.103. The number of rotatable bonds is 6. The van der Waals surface area contributed by atoms with E-state index >= 15 is 0 Å². The third-order valence-electron chi connectivity index (χ3n) is 3.77. The van der Waals surface area contributed by atoms with E-state index < -0.39 is 39.6 Å². The van der Waals surface area contributed by atoms with Crippen molar-refractivity contribution in [1.82, 2.24) is 10.0 Å². The number of hydrogen-bond acceptors (Lipinski definition) is 6. The fraction of sp³-hybridized carbons (Fsp3) is 0.286. The van der Waals surface area contributed by atoms with Gasteiger partial charge in [0.1, 0.15) is 11.6 Å². The van der Waals surface area contributed by atoms with Crippen LogP contribution in [0.4, 0.5) is 10.5 Å². The van der Waals surface area contributed by atoms with Crippen LogP contribution in [0.1, 0.15) is 39.3 Å². The van der Waals surface area contributed by atoms with Crippen molar-refractivity contribution in [3.63, 3.8) is 0 Å². The summed E-state index contributed by atoms with van der Waals surface area (Å²) in [6.45, 7) is 6.22. The monoisotopic (exact) mass is 447 g/mol. The standard InChI is InChI=1S/C21H25N3O6S/c1-14(25)24-31(28,29)17-12-10-16(11-13-17)22-19(26)18(15-8-6-5-7-9-15)23-20(27)30-21(2,3)4/h5-13,18H,1-4H3,(H,22,26)(H,23,27)(H,24,25)/t18-/m0/s1. The fourth-order valence-electron chi connectivity index (χ4n) is 2.55. The summed E-state index contributed by atoms with van der Waals surface area (Å²) < 4.78 is 31.2. The molecule has 0 spiro atoms. The topological polar surface area (TPSA) is 131 Å². The second-order valence-electron chi connectivity index (χ2n) is 7.67. The summed E-state index contributed by atoms with van der Waals surface area (Å²) in [7, 11) is -3.98. The lowest BCUT2D eigenvalue weighted by molar-refractivity contribution is -0.118. The second-order valence-corrected chi connectivity index (χ2v) is 9.35. The highest BCUT2D eigenvalue weighted by molar-refractivity contribution is 7.90. The molecule has 0 saturated carbocycles. The second kappa shape index (κ2) is 9.61. The Morgan fingerprint density at radius 1 is 0.935 bits per heavy atom. The zero-order chi connectivity index (χ0) is 23.2. The molecule has 9 nitrogen and oxygen atoms in total. The first-order chi connectivity index (χ1) is 14.4. The normalized spacial score (nSPS) is 12.4. The van der Waals surface area contributed by atoms with Crippen molar-refractivity contribution in [2.24, 2.45) is 0 Å². The largest absolute Gasteiger partial charge is 0.444 e. The molecule has 2 rings (SSSR count). The van der Waals surface area contributed by atoms with Gasteiger partial charge in [-0.1, -0.05) is 30.3 Å². The maximum Gasteiger partial charge on any atom is 0.408 e. The third kappa shape index (κ3) is 7.41. The number of carbonyl (C=O) groups excluding carboxylic acids is 3. The zero-order valence-corrected chi connectivity index (χ0v) is 18.4. The van der Waals surface area contributed by atoms with E-state index in [-0.39, 0.29) is 4.90 Å². The Morgan fingerprint density at radius 2 is 1.52 bits per heavy atom. The maximum absolute atomic E-state index is 12.9. The van der Waals surface area contributed by atoms with Crippen LogP contribution in [-0.4, -0.2) is 31.9 Å². The lowest BCUT2D eigenvalue weighted by Crippen LogP contribution is -2.40. The van der Waals surface area contributed by atoms with E-state index in [0.717, 1.165) is 6.92 Å². The molecule has 0 aliphatic rings. The number of amides is 3. The number of benzene rings is 2. The summed E-state index contributed by atoms with van der Waals surface area (Å²) in [5, 5.41) is 5.19. The van der Waals surface area contributed by atoms with Crippen LogP contribution < -0.4 is 15.4 Å². The van der Waals surface area contributed by atoms with Crippen LogP contribution in [0.15, 0.2) is 59.5 Å². The first-order valence-corrected chi connectivity index (χ1v) is 10.8. The van der Waals surface area contributed by atoms with Crippen molar-refractivity contribution in [1.29, 1.82) is 0 Å². The van der Waals surface area contributed by atoms with Crippen molar-refractivity contribution in [3.05, 3.63) is 60.2 Å². The minimum Gasteiger partial charge on any atom is -0.444 e. The first kappa shape index (κ1) is 23.9. The maximum atomic E-state index is 12.9. The van der Waals surface area contributed by atoms with Crippen molar-refractivity contribution in [2.45, 2.75) is 44.2 Å². The van der Waals surface area contributed by atoms with E-state index in [2.05, 4.69) is 10.6 Å². The lowest BCUT2D eigenvalue weighted by atomic mass is 10.1. The molecular formula is C21H25N3O6S. The van der Waals surface area contributed by atoms with Gasteiger partial charge >= 0.3 is 6.09 Å². The molecule has 31 heavy (non-hydrogen) atoms. The van der Waals surface area contributed by atoms with E-state index in [1.54, 1.807) is 51.1 Å². The quantitative estimate of drug-likeness (QED) is 0.624. The van der Waals surface area contributed by atoms with Crippen LogP contribution in [0.3, 0.4) is 0 Å². The molecule has 0 unspecified atom stereocenters. The van der Waals surface area contributed by atoms with Crippen LogP contribution in [-0.2, 0) is 24.3 Å². The SMILES string of the molecule is CC(=O)NS(=O)(=O)c1ccc(NC(=O)[C@@H](NC(=O)OC(C)(C)C)c2ccccc2)cc1. The Morgan fingerprint density at radius 3 is 2.03 bits per heavy atom. The predicted molar refractivity (Wildman–Crippen MR) is 115 cm³/mol. The van der Waals surface area contributed by atoms with E-state index in [4.69, 9.17) is 4.74 Å². The van der Waals surface area contributed by atoms with Gasteiger partial charge < -0.3 is 15.4 Å². The summed E-state index contributed by atoms with van der Waals surface area (Å²) in [6.07, 6.45) is -0.756. The zero-order valence-electron chi connectivity index (χ0n) is 17.6. The van der Waals surface area contributed by atoms with Crippen LogP contribution >= 0.6 is 0 Å².